The summed E-state index contributed by atoms with van der Waals surface area (Å²) in [6.45, 7) is 1.72. The first kappa shape index (κ1) is 20.8. The van der Waals surface area contributed by atoms with E-state index < -0.39 is 17.7 Å². The van der Waals surface area contributed by atoms with Crippen LogP contribution in [0.25, 0.3) is 10.8 Å². The van der Waals surface area contributed by atoms with Crippen LogP contribution in [0.5, 0.6) is 11.5 Å². The van der Waals surface area contributed by atoms with E-state index in [2.05, 4.69) is 21.3 Å². The molecular weight excluding hydrogens is 418 g/mol. The van der Waals surface area contributed by atoms with E-state index in [1.54, 1.807) is 43.3 Å². The first-order valence-electron chi connectivity index (χ1n) is 9.75. The van der Waals surface area contributed by atoms with Gasteiger partial charge in [-0.15, -0.1) is 0 Å². The molecular formula is C21H19N5O6. The molecule has 32 heavy (non-hydrogen) atoms. The highest BCUT2D eigenvalue weighted by molar-refractivity contribution is 6.05. The maximum absolute atomic E-state index is 12.6. The Morgan fingerprint density at radius 3 is 2.53 bits per heavy atom. The number of benzene rings is 2. The second kappa shape index (κ2) is 8.76. The number of aromatic nitrogens is 2. The van der Waals surface area contributed by atoms with Gasteiger partial charge in [0, 0.05) is 17.5 Å². The number of fused-ring (bicyclic) bond motifs is 2. The van der Waals surface area contributed by atoms with E-state index in [4.69, 9.17) is 9.47 Å². The quantitative estimate of drug-likeness (QED) is 0.489. The van der Waals surface area contributed by atoms with E-state index >= 15 is 0 Å². The second-order valence-corrected chi connectivity index (χ2v) is 6.77. The molecule has 3 N–H and O–H groups in total. The average Bonchev–Trinajstić information content (AvgIpc) is 3.29. The predicted octanol–water partition coefficient (Wildman–Crippen LogP) is 0.336. The summed E-state index contributed by atoms with van der Waals surface area (Å²) in [5.41, 5.74) is 4.45. The van der Waals surface area contributed by atoms with Crippen molar-refractivity contribution < 1.29 is 23.9 Å². The number of nitrogens with one attached hydrogen (secondary N) is 3. The number of hydrogen-bond acceptors (Lipinski definition) is 7. The van der Waals surface area contributed by atoms with E-state index in [1.165, 1.54) is 10.7 Å². The predicted molar refractivity (Wildman–Crippen MR) is 112 cm³/mol. The molecule has 0 saturated carbocycles. The summed E-state index contributed by atoms with van der Waals surface area (Å²) >= 11 is 0. The van der Waals surface area contributed by atoms with Crippen molar-refractivity contribution in [3.8, 4) is 11.5 Å². The molecule has 3 aromatic rings. The molecule has 1 aliphatic rings. The van der Waals surface area contributed by atoms with Gasteiger partial charge in [0.05, 0.1) is 11.9 Å². The lowest BCUT2D eigenvalue weighted by molar-refractivity contribution is -0.120. The van der Waals surface area contributed by atoms with Crippen molar-refractivity contribution in [3.63, 3.8) is 0 Å². The first-order chi connectivity index (χ1) is 15.5. The number of amides is 3. The standard InChI is InChI=1S/C21H19N5O6/c1-2-26-21(30)14-6-4-3-5-13(14)18(25-26)20(29)24-23-17(27)10-22-19(28)12-7-8-15-16(9-12)32-11-31-15/h3-9H,2,10-11H2,1H3,(H,22,28)(H,23,27)(H,24,29). The van der Waals surface area contributed by atoms with Crippen molar-refractivity contribution in [2.45, 2.75) is 13.5 Å². The van der Waals surface area contributed by atoms with Crippen LogP contribution in [0.1, 0.15) is 27.8 Å². The zero-order chi connectivity index (χ0) is 22.7. The Balaban J connectivity index is 1.37. The lowest BCUT2D eigenvalue weighted by Crippen LogP contribution is -2.47. The number of ether oxygens (including phenoxy) is 2. The Morgan fingerprint density at radius 1 is 1.00 bits per heavy atom. The van der Waals surface area contributed by atoms with Crippen molar-refractivity contribution in [1.82, 2.24) is 25.9 Å². The van der Waals surface area contributed by atoms with Crippen molar-refractivity contribution in [3.05, 3.63) is 64.1 Å². The van der Waals surface area contributed by atoms with Gasteiger partial charge in [-0.3, -0.25) is 30.0 Å². The molecule has 1 aliphatic heterocycles. The summed E-state index contributed by atoms with van der Waals surface area (Å²) < 4.78 is 11.6. The molecule has 3 amide bonds. The molecule has 0 radical (unpaired) electrons. The Labute approximate surface area is 181 Å². The van der Waals surface area contributed by atoms with E-state index in [0.29, 0.717) is 27.8 Å². The lowest BCUT2D eigenvalue weighted by Gasteiger charge is -2.11. The molecule has 0 unspecified atom stereocenters. The van der Waals surface area contributed by atoms with E-state index in [0.717, 1.165) is 0 Å². The molecule has 4 rings (SSSR count). The average molecular weight is 437 g/mol. The fourth-order valence-electron chi connectivity index (χ4n) is 3.15. The van der Waals surface area contributed by atoms with Crippen LogP contribution < -0.4 is 31.2 Å². The van der Waals surface area contributed by atoms with Gasteiger partial charge in [-0.25, -0.2) is 4.68 Å². The third kappa shape index (κ3) is 4.08. The van der Waals surface area contributed by atoms with Gasteiger partial charge in [0.2, 0.25) is 6.79 Å². The second-order valence-electron chi connectivity index (χ2n) is 6.77. The van der Waals surface area contributed by atoms with Gasteiger partial charge in [0.15, 0.2) is 17.2 Å². The largest absolute Gasteiger partial charge is 0.454 e. The van der Waals surface area contributed by atoms with Crippen molar-refractivity contribution in [2.24, 2.45) is 0 Å². The molecule has 0 bridgehead atoms. The lowest BCUT2D eigenvalue weighted by atomic mass is 10.1. The van der Waals surface area contributed by atoms with Gasteiger partial charge in [-0.1, -0.05) is 18.2 Å². The SMILES string of the molecule is CCn1nc(C(=O)NNC(=O)CNC(=O)c2ccc3c(c2)OCO3)c2ccccc2c1=O. The van der Waals surface area contributed by atoms with Crippen LogP contribution in [0, 0.1) is 0 Å². The van der Waals surface area contributed by atoms with E-state index in [1.807, 2.05) is 0 Å². The summed E-state index contributed by atoms with van der Waals surface area (Å²) in [5, 5.41) is 7.25. The fraction of sp³-hybridized carbons (Fsp3) is 0.190. The molecule has 2 aromatic carbocycles. The Kier molecular flexibility index (Phi) is 5.71. The highest BCUT2D eigenvalue weighted by atomic mass is 16.7. The number of hydrazine groups is 1. The fourth-order valence-corrected chi connectivity index (χ4v) is 3.15. The van der Waals surface area contributed by atoms with Crippen LogP contribution >= 0.6 is 0 Å². The van der Waals surface area contributed by atoms with Crippen molar-refractivity contribution in [2.75, 3.05) is 13.3 Å². The molecule has 164 valence electrons. The third-order valence-electron chi connectivity index (χ3n) is 4.74. The summed E-state index contributed by atoms with van der Waals surface area (Å²) in [5.74, 6) is -0.855. The van der Waals surface area contributed by atoms with Gasteiger partial charge in [-0.05, 0) is 31.2 Å². The molecule has 11 heteroatoms. The topological polar surface area (TPSA) is 141 Å². The van der Waals surface area contributed by atoms with Crippen molar-refractivity contribution >= 4 is 28.5 Å². The number of carbonyl (C=O) groups is 3. The molecule has 11 nitrogen and oxygen atoms in total. The van der Waals surface area contributed by atoms with Crippen molar-refractivity contribution in [1.29, 1.82) is 0 Å². The van der Waals surface area contributed by atoms with Crippen LogP contribution in [-0.4, -0.2) is 40.8 Å². The molecule has 0 saturated heterocycles. The minimum Gasteiger partial charge on any atom is -0.454 e. The van der Waals surface area contributed by atoms with Crippen LogP contribution in [0.4, 0.5) is 0 Å². The molecule has 0 spiro atoms. The summed E-state index contributed by atoms with van der Waals surface area (Å²) in [7, 11) is 0. The minimum atomic E-state index is -0.696. The van der Waals surface area contributed by atoms with Crippen LogP contribution in [0.2, 0.25) is 0 Å². The first-order valence-corrected chi connectivity index (χ1v) is 9.75. The van der Waals surface area contributed by atoms with E-state index in [9.17, 15) is 19.2 Å². The third-order valence-corrected chi connectivity index (χ3v) is 4.74. The van der Waals surface area contributed by atoms with Crippen LogP contribution in [0.15, 0.2) is 47.3 Å². The molecule has 0 aliphatic carbocycles. The normalized spacial score (nSPS) is 11.8. The maximum atomic E-state index is 12.6. The number of hydrogen-bond donors (Lipinski definition) is 3. The highest BCUT2D eigenvalue weighted by Crippen LogP contribution is 2.32. The molecule has 1 aromatic heterocycles. The molecule has 0 atom stereocenters. The zero-order valence-electron chi connectivity index (χ0n) is 17.0. The van der Waals surface area contributed by atoms with E-state index in [-0.39, 0.29) is 31.1 Å². The van der Waals surface area contributed by atoms with Gasteiger partial charge in [-0.2, -0.15) is 5.10 Å². The Morgan fingerprint density at radius 2 is 1.75 bits per heavy atom. The highest BCUT2D eigenvalue weighted by Gasteiger charge is 2.18. The summed E-state index contributed by atoms with van der Waals surface area (Å²) in [6, 6.07) is 11.2. The Hall–Kier alpha value is -4.41. The van der Waals surface area contributed by atoms with Gasteiger partial charge < -0.3 is 14.8 Å². The number of rotatable bonds is 5. The smallest absolute Gasteiger partial charge is 0.290 e. The maximum Gasteiger partial charge on any atom is 0.290 e. The number of nitrogens with zero attached hydrogens (tertiary/aromatic N) is 2. The van der Waals surface area contributed by atoms with Gasteiger partial charge in [0.25, 0.3) is 23.3 Å². The van der Waals surface area contributed by atoms with Gasteiger partial charge >= 0.3 is 0 Å². The number of carbonyl (C=O) groups excluding carboxylic acids is 3. The summed E-state index contributed by atoms with van der Waals surface area (Å²) in [4.78, 5) is 49.3. The summed E-state index contributed by atoms with van der Waals surface area (Å²) in [6.07, 6.45) is 0. The molecule has 0 fully saturated rings. The van der Waals surface area contributed by atoms with Crippen LogP contribution in [-0.2, 0) is 11.3 Å². The number of aryl methyl sites for hydroxylation is 1. The molecule has 2 heterocycles. The zero-order valence-corrected chi connectivity index (χ0v) is 17.0. The van der Waals surface area contributed by atoms with Gasteiger partial charge in [0.1, 0.15) is 0 Å². The van der Waals surface area contributed by atoms with Crippen LogP contribution in [0.3, 0.4) is 0 Å². The Bertz CT molecular complexity index is 1290. The monoisotopic (exact) mass is 437 g/mol. The minimum absolute atomic E-state index is 0.00764.